The van der Waals surface area contributed by atoms with Crippen LogP contribution in [0.2, 0.25) is 5.02 Å². The minimum atomic E-state index is -0.711. The molecule has 0 aromatic heterocycles. The number of non-ortho nitro benzene ring substituents is 1. The normalized spacial score (nSPS) is 14.0. The van der Waals surface area contributed by atoms with Gasteiger partial charge in [-0.05, 0) is 86.1 Å². The van der Waals surface area contributed by atoms with Gasteiger partial charge in [-0.25, -0.2) is 9.79 Å². The molecule has 0 saturated heterocycles. The van der Waals surface area contributed by atoms with Crippen LogP contribution in [0, 0.1) is 13.7 Å². The van der Waals surface area contributed by atoms with Crippen LogP contribution in [0.3, 0.4) is 0 Å². The second-order valence-electron chi connectivity index (χ2n) is 7.21. The summed E-state index contributed by atoms with van der Waals surface area (Å²) in [6.45, 7) is 0.344. The molecule has 35 heavy (non-hydrogen) atoms. The van der Waals surface area contributed by atoms with Gasteiger partial charge in [0, 0.05) is 15.7 Å². The molecule has 4 rings (SSSR count). The van der Waals surface area contributed by atoms with Gasteiger partial charge in [0.1, 0.15) is 6.61 Å². The summed E-state index contributed by atoms with van der Waals surface area (Å²) in [4.78, 5) is 27.1. The van der Waals surface area contributed by atoms with Crippen molar-refractivity contribution in [2.45, 2.75) is 6.61 Å². The number of ether oxygens (including phenoxy) is 3. The minimum Gasteiger partial charge on any atom is -0.493 e. The third kappa shape index (κ3) is 5.82. The highest BCUT2D eigenvalue weighted by atomic mass is 127. The van der Waals surface area contributed by atoms with Crippen LogP contribution in [0.4, 0.5) is 5.69 Å². The highest BCUT2D eigenvalue weighted by Crippen LogP contribution is 2.38. The SMILES string of the molecule is COc1cc(/C=C2\N=C(c3cc([N+](=O)[O-])ccc3Cl)OC2=O)cc(Br)c1OCc1ccc(I)cc1. The Morgan fingerprint density at radius 2 is 1.94 bits per heavy atom. The number of halogens is 3. The van der Waals surface area contributed by atoms with Crippen molar-refractivity contribution in [1.29, 1.82) is 0 Å². The largest absolute Gasteiger partial charge is 0.493 e. The van der Waals surface area contributed by atoms with E-state index in [1.54, 1.807) is 12.1 Å². The maximum atomic E-state index is 12.4. The monoisotopic (exact) mass is 668 g/mol. The van der Waals surface area contributed by atoms with Gasteiger partial charge in [-0.15, -0.1) is 0 Å². The van der Waals surface area contributed by atoms with Crippen molar-refractivity contribution in [3.8, 4) is 11.5 Å². The lowest BCUT2D eigenvalue weighted by molar-refractivity contribution is -0.384. The molecule has 0 N–H and O–H groups in total. The number of carbonyl (C=O) groups is 1. The Kier molecular flexibility index (Phi) is 7.72. The van der Waals surface area contributed by atoms with Crippen LogP contribution in [-0.2, 0) is 16.1 Å². The van der Waals surface area contributed by atoms with Gasteiger partial charge in [0.05, 0.1) is 27.1 Å². The van der Waals surface area contributed by atoms with Crippen molar-refractivity contribution in [2.24, 2.45) is 4.99 Å². The van der Waals surface area contributed by atoms with Gasteiger partial charge in [-0.2, -0.15) is 0 Å². The van der Waals surface area contributed by atoms with Gasteiger partial charge in [0.2, 0.25) is 5.90 Å². The molecule has 1 aliphatic rings. The average Bonchev–Trinajstić information content (AvgIpc) is 3.19. The standard InChI is InChI=1S/C24H15BrClIN2O6/c1-33-21-10-14(8-18(25)22(21)34-12-13-2-4-15(27)5-3-13)9-20-24(30)35-23(28-20)17-11-16(29(31)32)6-7-19(17)26/h2-11H,12H2,1H3/b20-9-. The van der Waals surface area contributed by atoms with Crippen molar-refractivity contribution in [3.05, 3.63) is 100 Å². The van der Waals surface area contributed by atoms with Crippen molar-refractivity contribution < 1.29 is 23.9 Å². The molecule has 0 atom stereocenters. The number of cyclic esters (lactones) is 1. The maximum Gasteiger partial charge on any atom is 0.363 e. The van der Waals surface area contributed by atoms with Gasteiger partial charge >= 0.3 is 5.97 Å². The average molecular weight is 670 g/mol. The molecule has 0 spiro atoms. The fraction of sp³-hybridized carbons (Fsp3) is 0.0833. The Labute approximate surface area is 227 Å². The predicted octanol–water partition coefficient (Wildman–Crippen LogP) is 6.55. The Bertz CT molecular complexity index is 1390. The zero-order chi connectivity index (χ0) is 25.1. The summed E-state index contributed by atoms with van der Waals surface area (Å²) in [7, 11) is 1.51. The maximum absolute atomic E-state index is 12.4. The van der Waals surface area contributed by atoms with Crippen molar-refractivity contribution in [3.63, 3.8) is 0 Å². The molecule has 0 radical (unpaired) electrons. The van der Waals surface area contributed by atoms with Crippen LogP contribution in [0.5, 0.6) is 11.5 Å². The van der Waals surface area contributed by atoms with E-state index < -0.39 is 10.9 Å². The first-order chi connectivity index (χ1) is 16.7. The van der Waals surface area contributed by atoms with E-state index in [9.17, 15) is 14.9 Å². The van der Waals surface area contributed by atoms with Crippen LogP contribution < -0.4 is 9.47 Å². The van der Waals surface area contributed by atoms with E-state index in [0.29, 0.717) is 28.1 Å². The van der Waals surface area contributed by atoms with Crippen LogP contribution in [0.25, 0.3) is 6.08 Å². The van der Waals surface area contributed by atoms with Gasteiger partial charge in [0.15, 0.2) is 17.2 Å². The number of nitrogens with zero attached hydrogens (tertiary/aromatic N) is 2. The summed E-state index contributed by atoms with van der Waals surface area (Å²) in [6.07, 6.45) is 1.51. The molecule has 0 amide bonds. The van der Waals surface area contributed by atoms with Crippen molar-refractivity contribution in [2.75, 3.05) is 7.11 Å². The first-order valence-corrected chi connectivity index (χ1v) is 12.2. The van der Waals surface area contributed by atoms with E-state index in [4.69, 9.17) is 25.8 Å². The number of esters is 1. The molecule has 0 aliphatic carbocycles. The Morgan fingerprint density at radius 3 is 2.63 bits per heavy atom. The second-order valence-corrected chi connectivity index (χ2v) is 9.71. The first kappa shape index (κ1) is 25.1. The third-order valence-corrected chi connectivity index (χ3v) is 6.50. The van der Waals surface area contributed by atoms with Crippen LogP contribution in [0.1, 0.15) is 16.7 Å². The van der Waals surface area contributed by atoms with E-state index >= 15 is 0 Å². The Morgan fingerprint density at radius 1 is 1.20 bits per heavy atom. The summed E-state index contributed by atoms with van der Waals surface area (Å²) in [5.41, 5.74) is 1.55. The first-order valence-electron chi connectivity index (χ1n) is 9.97. The van der Waals surface area contributed by atoms with E-state index in [1.807, 2.05) is 24.3 Å². The van der Waals surface area contributed by atoms with Gasteiger partial charge < -0.3 is 14.2 Å². The lowest BCUT2D eigenvalue weighted by atomic mass is 10.1. The summed E-state index contributed by atoms with van der Waals surface area (Å²) >= 11 is 11.9. The number of carbonyl (C=O) groups excluding carboxylic acids is 1. The molecule has 3 aromatic carbocycles. The third-order valence-electron chi connectivity index (χ3n) is 4.86. The van der Waals surface area contributed by atoms with E-state index in [1.165, 1.54) is 31.4 Å². The topological polar surface area (TPSA) is 100 Å². The second kappa shape index (κ2) is 10.8. The molecule has 0 bridgehead atoms. The number of nitro benzene ring substituents is 1. The zero-order valence-corrected chi connectivity index (χ0v) is 22.5. The number of rotatable bonds is 7. The molecule has 178 valence electrons. The predicted molar refractivity (Wildman–Crippen MR) is 143 cm³/mol. The minimum absolute atomic E-state index is 0.00378. The molecular formula is C24H15BrClIN2O6. The summed E-state index contributed by atoms with van der Waals surface area (Å²) in [5.74, 6) is 0.138. The molecule has 0 saturated carbocycles. The van der Waals surface area contributed by atoms with Gasteiger partial charge in [0.25, 0.3) is 5.69 Å². The Balaban J connectivity index is 1.61. The molecule has 11 heteroatoms. The van der Waals surface area contributed by atoms with E-state index in [-0.39, 0.29) is 27.9 Å². The van der Waals surface area contributed by atoms with Crippen molar-refractivity contribution >= 4 is 73.8 Å². The van der Waals surface area contributed by atoms with E-state index in [0.717, 1.165) is 9.13 Å². The number of hydrogen-bond donors (Lipinski definition) is 0. The van der Waals surface area contributed by atoms with Crippen LogP contribution in [-0.4, -0.2) is 23.9 Å². The fourth-order valence-corrected chi connectivity index (χ4v) is 4.30. The smallest absolute Gasteiger partial charge is 0.363 e. The molecular weight excluding hydrogens is 655 g/mol. The van der Waals surface area contributed by atoms with E-state index in [2.05, 4.69) is 43.5 Å². The van der Waals surface area contributed by atoms with Gasteiger partial charge in [-0.3, -0.25) is 10.1 Å². The molecule has 8 nitrogen and oxygen atoms in total. The van der Waals surface area contributed by atoms with Gasteiger partial charge in [-0.1, -0.05) is 23.7 Å². The zero-order valence-electron chi connectivity index (χ0n) is 18.0. The van der Waals surface area contributed by atoms with Crippen LogP contribution >= 0.6 is 50.1 Å². The number of aliphatic imine (C=N–C) groups is 1. The summed E-state index contributed by atoms with van der Waals surface area (Å²) in [6, 6.07) is 15.2. The highest BCUT2D eigenvalue weighted by molar-refractivity contribution is 14.1. The molecule has 1 aliphatic heterocycles. The fourth-order valence-electron chi connectivity index (χ4n) is 3.17. The lowest BCUT2D eigenvalue weighted by Gasteiger charge is -2.14. The number of benzene rings is 3. The molecule has 3 aromatic rings. The van der Waals surface area contributed by atoms with Crippen molar-refractivity contribution in [1.82, 2.24) is 0 Å². The lowest BCUT2D eigenvalue weighted by Crippen LogP contribution is -2.06. The quantitative estimate of drug-likeness (QED) is 0.0931. The summed E-state index contributed by atoms with van der Waals surface area (Å²) < 4.78 is 18.4. The molecule has 0 unspecified atom stereocenters. The highest BCUT2D eigenvalue weighted by Gasteiger charge is 2.27. The molecule has 1 heterocycles. The van der Waals surface area contributed by atoms with Crippen LogP contribution in [0.15, 0.2) is 69.8 Å². The number of nitro groups is 1. The Hall–Kier alpha value is -2.96. The number of hydrogen-bond acceptors (Lipinski definition) is 7. The number of methoxy groups -OCH3 is 1. The molecule has 0 fully saturated rings. The summed E-state index contributed by atoms with van der Waals surface area (Å²) in [5, 5.41) is 11.3.